The number of ether oxygens (including phenoxy) is 4. The van der Waals surface area contributed by atoms with Crippen LogP contribution in [0.25, 0.3) is 0 Å². The minimum Gasteiger partial charge on any atom is -0.491 e. The lowest BCUT2D eigenvalue weighted by Crippen LogP contribution is -2.40. The largest absolute Gasteiger partial charge is 0.491 e. The number of fused-ring (bicyclic) bond motifs is 5. The first-order chi connectivity index (χ1) is 15.8. The number of hydrogen-bond donors (Lipinski definition) is 0. The van der Waals surface area contributed by atoms with E-state index in [4.69, 9.17) is 18.9 Å². The monoisotopic (exact) mass is 432 g/mol. The van der Waals surface area contributed by atoms with Gasteiger partial charge in [0, 0.05) is 5.41 Å². The quantitative estimate of drug-likeness (QED) is 0.552. The van der Waals surface area contributed by atoms with E-state index < -0.39 is 0 Å². The van der Waals surface area contributed by atoms with E-state index in [0.717, 1.165) is 48.4 Å². The van der Waals surface area contributed by atoms with Gasteiger partial charge in [0.1, 0.15) is 36.9 Å². The maximum atomic E-state index is 5.93. The highest BCUT2D eigenvalue weighted by molar-refractivity contribution is 5.47. The van der Waals surface area contributed by atoms with Crippen LogP contribution in [0.2, 0.25) is 0 Å². The van der Waals surface area contributed by atoms with Crippen molar-refractivity contribution in [3.05, 3.63) is 59.7 Å². The van der Waals surface area contributed by atoms with Gasteiger partial charge in [0.25, 0.3) is 0 Å². The molecule has 5 aliphatic rings. The van der Waals surface area contributed by atoms with Crippen LogP contribution in [-0.2, 0) is 14.9 Å². The summed E-state index contributed by atoms with van der Waals surface area (Å²) in [6.45, 7) is 2.99. The minimum absolute atomic E-state index is 0.118. The Morgan fingerprint density at radius 2 is 1.28 bits per heavy atom. The van der Waals surface area contributed by atoms with E-state index in [0.29, 0.717) is 13.2 Å². The highest BCUT2D eigenvalue weighted by atomic mass is 16.6. The van der Waals surface area contributed by atoms with Crippen molar-refractivity contribution in [3.63, 3.8) is 0 Å². The first-order valence-electron chi connectivity index (χ1n) is 12.5. The molecule has 6 atom stereocenters. The van der Waals surface area contributed by atoms with Gasteiger partial charge in [-0.1, -0.05) is 30.7 Å². The van der Waals surface area contributed by atoms with Gasteiger partial charge in [0.15, 0.2) is 0 Å². The van der Waals surface area contributed by atoms with E-state index in [-0.39, 0.29) is 17.6 Å². The van der Waals surface area contributed by atoms with Gasteiger partial charge in [-0.2, -0.15) is 0 Å². The molecule has 4 heteroatoms. The summed E-state index contributed by atoms with van der Waals surface area (Å²) in [6, 6.07) is 18.0. The second kappa shape index (κ2) is 7.50. The van der Waals surface area contributed by atoms with Crippen LogP contribution in [0.1, 0.15) is 43.2 Å². The Kier molecular flexibility index (Phi) is 4.55. The van der Waals surface area contributed by atoms with E-state index in [2.05, 4.69) is 48.5 Å². The van der Waals surface area contributed by atoms with Gasteiger partial charge in [0.05, 0.1) is 13.2 Å². The van der Waals surface area contributed by atoms with Crippen LogP contribution in [0.15, 0.2) is 48.5 Å². The molecule has 0 N–H and O–H groups in total. The molecule has 0 amide bonds. The lowest BCUT2D eigenvalue weighted by atomic mass is 9.59. The lowest BCUT2D eigenvalue weighted by Gasteiger charge is -2.44. The standard InChI is InChI=1S/C28H32O4/c1-2-25-18-12-27(26(25)3-1)28(13-18,19-4-8-21(9-5-19)29-14-23-16-31-23)20-6-10-22(11-7-20)30-15-24-17-32-24/h4-11,18,23-27H,1-3,12-17H2. The fraction of sp³-hybridized carbons (Fsp3) is 0.571. The Labute approximate surface area is 190 Å². The average molecular weight is 433 g/mol. The highest BCUT2D eigenvalue weighted by Crippen LogP contribution is 2.68. The first kappa shape index (κ1) is 19.4. The highest BCUT2D eigenvalue weighted by Gasteiger charge is 2.61. The first-order valence-corrected chi connectivity index (χ1v) is 12.5. The molecular formula is C28H32O4. The summed E-state index contributed by atoms with van der Waals surface area (Å²) < 4.78 is 22.4. The van der Waals surface area contributed by atoms with Crippen LogP contribution in [0.3, 0.4) is 0 Å². The average Bonchev–Trinajstić information content (AvgIpc) is 3.72. The van der Waals surface area contributed by atoms with Crippen molar-refractivity contribution in [3.8, 4) is 11.5 Å². The van der Waals surface area contributed by atoms with Crippen molar-refractivity contribution in [2.75, 3.05) is 26.4 Å². The molecule has 3 saturated carbocycles. The zero-order valence-electron chi connectivity index (χ0n) is 18.6. The topological polar surface area (TPSA) is 43.5 Å². The molecule has 2 aliphatic heterocycles. The Hall–Kier alpha value is -2.04. The summed E-state index contributed by atoms with van der Waals surface area (Å²) in [4.78, 5) is 0. The smallest absolute Gasteiger partial charge is 0.119 e. The predicted octanol–water partition coefficient (Wildman–Crippen LogP) is 4.98. The maximum Gasteiger partial charge on any atom is 0.119 e. The van der Waals surface area contributed by atoms with Crippen molar-refractivity contribution in [2.24, 2.45) is 23.7 Å². The fourth-order valence-electron chi connectivity index (χ4n) is 7.38. The van der Waals surface area contributed by atoms with Crippen molar-refractivity contribution in [1.29, 1.82) is 0 Å². The molecule has 168 valence electrons. The number of epoxide rings is 2. The van der Waals surface area contributed by atoms with Crippen LogP contribution in [0.5, 0.6) is 11.5 Å². The molecule has 4 nitrogen and oxygen atoms in total. The van der Waals surface area contributed by atoms with Crippen LogP contribution in [0, 0.1) is 23.7 Å². The second-order valence-corrected chi connectivity index (χ2v) is 10.6. The predicted molar refractivity (Wildman–Crippen MR) is 121 cm³/mol. The van der Waals surface area contributed by atoms with Gasteiger partial charge in [-0.3, -0.25) is 0 Å². The van der Waals surface area contributed by atoms with Crippen LogP contribution in [0.4, 0.5) is 0 Å². The zero-order valence-corrected chi connectivity index (χ0v) is 18.6. The van der Waals surface area contributed by atoms with Crippen molar-refractivity contribution < 1.29 is 18.9 Å². The zero-order chi connectivity index (χ0) is 21.1. The van der Waals surface area contributed by atoms with E-state index in [1.54, 1.807) is 0 Å². The number of benzene rings is 2. The van der Waals surface area contributed by atoms with E-state index in [1.807, 2.05) is 0 Å². The molecule has 6 unspecified atom stereocenters. The van der Waals surface area contributed by atoms with Gasteiger partial charge < -0.3 is 18.9 Å². The van der Waals surface area contributed by atoms with E-state index in [9.17, 15) is 0 Å². The van der Waals surface area contributed by atoms with Crippen molar-refractivity contribution in [2.45, 2.75) is 49.7 Å². The third kappa shape index (κ3) is 3.26. The maximum absolute atomic E-state index is 5.93. The van der Waals surface area contributed by atoms with Gasteiger partial charge in [-0.15, -0.1) is 0 Å². The minimum atomic E-state index is 0.118. The molecule has 3 aliphatic carbocycles. The van der Waals surface area contributed by atoms with Crippen LogP contribution < -0.4 is 9.47 Å². The molecule has 2 heterocycles. The lowest BCUT2D eigenvalue weighted by molar-refractivity contribution is 0.181. The third-order valence-corrected chi connectivity index (χ3v) is 8.94. The molecule has 0 spiro atoms. The Morgan fingerprint density at radius 1 is 0.750 bits per heavy atom. The summed E-state index contributed by atoms with van der Waals surface area (Å²) in [5.74, 6) is 5.38. The Bertz CT molecular complexity index is 900. The molecule has 0 aromatic heterocycles. The van der Waals surface area contributed by atoms with Gasteiger partial charge >= 0.3 is 0 Å². The van der Waals surface area contributed by atoms with Gasteiger partial charge in [-0.25, -0.2) is 0 Å². The normalized spacial score (nSPS) is 38.5. The van der Waals surface area contributed by atoms with Gasteiger partial charge in [0.2, 0.25) is 0 Å². The molecule has 5 fully saturated rings. The summed E-state index contributed by atoms with van der Waals surface area (Å²) in [7, 11) is 0. The van der Waals surface area contributed by atoms with Crippen LogP contribution >= 0.6 is 0 Å². The van der Waals surface area contributed by atoms with Crippen LogP contribution in [-0.4, -0.2) is 38.6 Å². The number of hydrogen-bond acceptors (Lipinski definition) is 4. The molecule has 0 radical (unpaired) electrons. The summed E-state index contributed by atoms with van der Waals surface area (Å²) in [6.07, 6.45) is 7.54. The molecule has 32 heavy (non-hydrogen) atoms. The Morgan fingerprint density at radius 3 is 1.81 bits per heavy atom. The molecule has 2 saturated heterocycles. The van der Waals surface area contributed by atoms with E-state index in [1.165, 1.54) is 43.2 Å². The van der Waals surface area contributed by atoms with E-state index >= 15 is 0 Å². The summed E-state index contributed by atoms with van der Waals surface area (Å²) in [5, 5.41) is 0. The fourth-order valence-corrected chi connectivity index (χ4v) is 7.38. The van der Waals surface area contributed by atoms with Gasteiger partial charge in [-0.05, 0) is 84.7 Å². The molecule has 2 aromatic carbocycles. The number of rotatable bonds is 8. The van der Waals surface area contributed by atoms with Crippen molar-refractivity contribution >= 4 is 0 Å². The molecule has 2 bridgehead atoms. The summed E-state index contributed by atoms with van der Waals surface area (Å²) >= 11 is 0. The second-order valence-electron chi connectivity index (χ2n) is 10.6. The van der Waals surface area contributed by atoms with Crippen molar-refractivity contribution in [1.82, 2.24) is 0 Å². The Balaban J connectivity index is 1.20. The SMILES string of the molecule is c1cc(C2(c3ccc(OCC4CO4)cc3)CC3CC2C2CCCC32)ccc1OCC1CO1. The molecular weight excluding hydrogens is 400 g/mol. The molecule has 2 aromatic rings. The summed E-state index contributed by atoms with van der Waals surface area (Å²) in [5.41, 5.74) is 3.04. The molecule has 7 rings (SSSR count). The third-order valence-electron chi connectivity index (χ3n) is 8.94.